The van der Waals surface area contributed by atoms with Crippen LogP contribution in [0.3, 0.4) is 0 Å². The minimum atomic E-state index is -0.764. The molecule has 0 aliphatic heterocycles. The average molecular weight is 136 g/mol. The molecule has 0 unspecified atom stereocenters. The SMILES string of the molecule is C=CCOC(N)=O.N.O. The van der Waals surface area contributed by atoms with Gasteiger partial charge in [-0.2, -0.15) is 0 Å². The highest BCUT2D eigenvalue weighted by molar-refractivity contribution is 5.64. The van der Waals surface area contributed by atoms with E-state index in [0.29, 0.717) is 0 Å². The van der Waals surface area contributed by atoms with E-state index in [1.54, 1.807) is 0 Å². The normalized spacial score (nSPS) is 5.78. The Labute approximate surface area is 53.4 Å². The van der Waals surface area contributed by atoms with E-state index in [0.717, 1.165) is 0 Å². The number of primary amides is 1. The maximum Gasteiger partial charge on any atom is 0.404 e. The van der Waals surface area contributed by atoms with Gasteiger partial charge in [-0.25, -0.2) is 4.79 Å². The molecule has 0 aromatic carbocycles. The van der Waals surface area contributed by atoms with Crippen LogP contribution in [-0.4, -0.2) is 18.2 Å². The zero-order chi connectivity index (χ0) is 5.70. The van der Waals surface area contributed by atoms with E-state index in [1.807, 2.05) is 0 Å². The first kappa shape index (κ1) is 15.7. The van der Waals surface area contributed by atoms with Crippen LogP contribution in [0.2, 0.25) is 0 Å². The van der Waals surface area contributed by atoms with Crippen LogP contribution in [0.5, 0.6) is 0 Å². The van der Waals surface area contributed by atoms with Crippen molar-refractivity contribution >= 4 is 6.09 Å². The summed E-state index contributed by atoms with van der Waals surface area (Å²) in [5.41, 5.74) is 4.57. The van der Waals surface area contributed by atoms with Gasteiger partial charge in [-0.05, 0) is 0 Å². The third kappa shape index (κ3) is 19.6. The van der Waals surface area contributed by atoms with Gasteiger partial charge in [0.05, 0.1) is 0 Å². The highest BCUT2D eigenvalue weighted by Gasteiger charge is 1.84. The minimum Gasteiger partial charge on any atom is -0.445 e. The van der Waals surface area contributed by atoms with Crippen LogP contribution in [0.25, 0.3) is 0 Å². The fourth-order valence-corrected chi connectivity index (χ4v) is 0.141. The first-order valence-electron chi connectivity index (χ1n) is 1.80. The summed E-state index contributed by atoms with van der Waals surface area (Å²) in [6, 6.07) is 0. The summed E-state index contributed by atoms with van der Waals surface area (Å²) in [5.74, 6) is 0. The Balaban J connectivity index is -0.000000180. The Morgan fingerprint density at radius 3 is 2.33 bits per heavy atom. The first-order valence-corrected chi connectivity index (χ1v) is 1.80. The van der Waals surface area contributed by atoms with Crippen molar-refractivity contribution in [1.82, 2.24) is 6.15 Å². The molecular formula is C4H12N2O3. The molecule has 0 spiro atoms. The van der Waals surface area contributed by atoms with E-state index in [9.17, 15) is 4.79 Å². The number of ether oxygens (including phenoxy) is 1. The second-order valence-corrected chi connectivity index (χ2v) is 0.919. The molecule has 9 heavy (non-hydrogen) atoms. The minimum absolute atomic E-state index is 0. The predicted octanol–water partition coefficient (Wildman–Crippen LogP) is -0.395. The fraction of sp³-hybridized carbons (Fsp3) is 0.250. The first-order chi connectivity index (χ1) is 3.27. The number of hydrogen-bond donors (Lipinski definition) is 2. The van der Waals surface area contributed by atoms with Gasteiger partial charge < -0.3 is 22.1 Å². The number of carbonyl (C=O) groups is 1. The van der Waals surface area contributed by atoms with E-state index < -0.39 is 6.09 Å². The van der Waals surface area contributed by atoms with Crippen LogP contribution in [0.15, 0.2) is 12.7 Å². The zero-order valence-electron chi connectivity index (χ0n) is 5.09. The largest absolute Gasteiger partial charge is 0.445 e. The molecule has 0 bridgehead atoms. The molecule has 0 rings (SSSR count). The van der Waals surface area contributed by atoms with Crippen LogP contribution >= 0.6 is 0 Å². The molecule has 0 saturated carbocycles. The van der Waals surface area contributed by atoms with Gasteiger partial charge in [0.15, 0.2) is 0 Å². The number of amides is 1. The highest BCUT2D eigenvalue weighted by atomic mass is 16.5. The number of hydrogen-bond acceptors (Lipinski definition) is 3. The molecule has 5 nitrogen and oxygen atoms in total. The summed E-state index contributed by atoms with van der Waals surface area (Å²) in [6.07, 6.45) is 0.685. The molecule has 0 aliphatic carbocycles. The Morgan fingerprint density at radius 2 is 2.22 bits per heavy atom. The van der Waals surface area contributed by atoms with E-state index in [2.05, 4.69) is 17.0 Å². The van der Waals surface area contributed by atoms with Crippen LogP contribution in [0.1, 0.15) is 0 Å². The maximum atomic E-state index is 9.71. The van der Waals surface area contributed by atoms with Gasteiger partial charge in [0.25, 0.3) is 0 Å². The lowest BCUT2D eigenvalue weighted by molar-refractivity contribution is 0.169. The highest BCUT2D eigenvalue weighted by Crippen LogP contribution is 1.70. The van der Waals surface area contributed by atoms with Gasteiger partial charge in [0.2, 0.25) is 0 Å². The summed E-state index contributed by atoms with van der Waals surface area (Å²) in [5, 5.41) is 0. The Kier molecular flexibility index (Phi) is 17.5. The molecule has 1 amide bonds. The second kappa shape index (κ2) is 10.0. The van der Waals surface area contributed by atoms with Gasteiger partial charge in [-0.3, -0.25) is 0 Å². The molecule has 56 valence electrons. The summed E-state index contributed by atoms with van der Waals surface area (Å²) < 4.78 is 4.21. The third-order valence-electron chi connectivity index (χ3n) is 0.343. The number of carbonyl (C=O) groups excluding carboxylic acids is 1. The van der Waals surface area contributed by atoms with Gasteiger partial charge in [0, 0.05) is 0 Å². The van der Waals surface area contributed by atoms with Gasteiger partial charge in [-0.15, -0.1) is 0 Å². The van der Waals surface area contributed by atoms with Crippen molar-refractivity contribution < 1.29 is 15.0 Å². The summed E-state index contributed by atoms with van der Waals surface area (Å²) >= 11 is 0. The second-order valence-electron chi connectivity index (χ2n) is 0.919. The number of rotatable bonds is 2. The molecule has 7 N–H and O–H groups in total. The van der Waals surface area contributed by atoms with Crippen molar-refractivity contribution in [2.75, 3.05) is 6.61 Å². The third-order valence-corrected chi connectivity index (χ3v) is 0.343. The topological polar surface area (TPSA) is 119 Å². The van der Waals surface area contributed by atoms with Crippen molar-refractivity contribution in [3.05, 3.63) is 12.7 Å². The van der Waals surface area contributed by atoms with Crippen LogP contribution in [0.4, 0.5) is 4.79 Å². The van der Waals surface area contributed by atoms with Gasteiger partial charge in [0.1, 0.15) is 6.61 Å². The average Bonchev–Trinajstić information content (AvgIpc) is 1.61. The van der Waals surface area contributed by atoms with Crippen LogP contribution < -0.4 is 11.9 Å². The molecule has 5 heteroatoms. The maximum absolute atomic E-state index is 9.71. The summed E-state index contributed by atoms with van der Waals surface area (Å²) in [6.45, 7) is 3.49. The monoisotopic (exact) mass is 136 g/mol. The quantitative estimate of drug-likeness (QED) is 0.502. The van der Waals surface area contributed by atoms with Gasteiger partial charge >= 0.3 is 6.09 Å². The Bertz CT molecular complexity index is 83.9. The molecule has 0 aromatic heterocycles. The van der Waals surface area contributed by atoms with E-state index in [4.69, 9.17) is 0 Å². The van der Waals surface area contributed by atoms with Gasteiger partial charge in [-0.1, -0.05) is 12.7 Å². The summed E-state index contributed by atoms with van der Waals surface area (Å²) in [7, 11) is 0. The molecule has 0 atom stereocenters. The van der Waals surface area contributed by atoms with Crippen molar-refractivity contribution in [1.29, 1.82) is 0 Å². The Hall–Kier alpha value is -1.07. The van der Waals surface area contributed by atoms with Crippen molar-refractivity contribution in [2.24, 2.45) is 5.73 Å². The van der Waals surface area contributed by atoms with Crippen molar-refractivity contribution in [3.8, 4) is 0 Å². The fourth-order valence-electron chi connectivity index (χ4n) is 0.141. The van der Waals surface area contributed by atoms with Crippen molar-refractivity contribution in [3.63, 3.8) is 0 Å². The van der Waals surface area contributed by atoms with E-state index in [1.165, 1.54) is 6.08 Å². The molecule has 0 heterocycles. The molecule has 0 fully saturated rings. The zero-order valence-corrected chi connectivity index (χ0v) is 5.09. The molecule has 0 radical (unpaired) electrons. The molecular weight excluding hydrogens is 124 g/mol. The standard InChI is InChI=1S/C4H7NO2.H3N.H2O/c1-2-3-7-4(5)6;;/h2H,1,3H2,(H2,5,6);1H3;1H2. The van der Waals surface area contributed by atoms with Crippen LogP contribution in [0, 0.1) is 0 Å². The van der Waals surface area contributed by atoms with E-state index >= 15 is 0 Å². The smallest absolute Gasteiger partial charge is 0.404 e. The Morgan fingerprint density at radius 1 is 1.78 bits per heavy atom. The number of nitrogens with two attached hydrogens (primary N) is 1. The molecule has 0 saturated heterocycles. The lowest BCUT2D eigenvalue weighted by Gasteiger charge is -1.90. The molecule has 0 aliphatic rings. The predicted molar refractivity (Wildman–Crippen MR) is 34.4 cm³/mol. The summed E-state index contributed by atoms with van der Waals surface area (Å²) in [4.78, 5) is 9.71. The van der Waals surface area contributed by atoms with Crippen LogP contribution in [-0.2, 0) is 4.74 Å². The molecule has 0 aromatic rings. The lowest BCUT2D eigenvalue weighted by atomic mass is 10.7. The lowest BCUT2D eigenvalue weighted by Crippen LogP contribution is -2.12. The van der Waals surface area contributed by atoms with E-state index in [-0.39, 0.29) is 18.2 Å². The van der Waals surface area contributed by atoms with Crippen molar-refractivity contribution in [2.45, 2.75) is 0 Å².